The van der Waals surface area contributed by atoms with E-state index in [1.807, 2.05) is 0 Å². The minimum absolute atomic E-state index is 0.245. The van der Waals surface area contributed by atoms with Crippen molar-refractivity contribution in [3.05, 3.63) is 35.9 Å². The Hall–Kier alpha value is -1.43. The van der Waals surface area contributed by atoms with E-state index in [0.717, 1.165) is 57.8 Å². The van der Waals surface area contributed by atoms with Gasteiger partial charge < -0.3 is 16.8 Å². The molecule has 5 nitrogen and oxygen atoms in total. The largest absolute Gasteiger partial charge is 0.356 e. The molecule has 5 heteroatoms. The van der Waals surface area contributed by atoms with Crippen LogP contribution >= 0.6 is 0 Å². The number of amides is 1. The van der Waals surface area contributed by atoms with E-state index in [1.165, 1.54) is 44.1 Å². The van der Waals surface area contributed by atoms with Crippen molar-refractivity contribution in [3.8, 4) is 0 Å². The fourth-order valence-electron chi connectivity index (χ4n) is 4.98. The van der Waals surface area contributed by atoms with E-state index in [2.05, 4.69) is 54.4 Å². The number of benzene rings is 1. The van der Waals surface area contributed by atoms with E-state index in [9.17, 15) is 4.79 Å². The summed E-state index contributed by atoms with van der Waals surface area (Å²) in [4.78, 5) is 14.0. The maximum Gasteiger partial charge on any atom is 0.220 e. The predicted octanol–water partition coefficient (Wildman–Crippen LogP) is 4.49. The highest BCUT2D eigenvalue weighted by Crippen LogP contribution is 2.22. The molecule has 1 heterocycles. The number of aryl methyl sites for hydroxylation is 1. The molecule has 1 saturated carbocycles. The fraction of sp³-hybridized carbons (Fsp3) is 0.750. The summed E-state index contributed by atoms with van der Waals surface area (Å²) in [6, 6.07) is 11.7. The van der Waals surface area contributed by atoms with Crippen molar-refractivity contribution in [1.29, 1.82) is 0 Å². The number of nitrogens with two attached hydrogens (primary N) is 2. The van der Waals surface area contributed by atoms with Crippen molar-refractivity contribution in [1.82, 2.24) is 10.2 Å². The molecule has 1 amide bonds. The highest BCUT2D eigenvalue weighted by Gasteiger charge is 2.25. The number of nitrogens with one attached hydrogen (secondary N) is 1. The van der Waals surface area contributed by atoms with Gasteiger partial charge in [0.25, 0.3) is 0 Å². The lowest BCUT2D eigenvalue weighted by molar-refractivity contribution is -0.121. The third-order valence-electron chi connectivity index (χ3n) is 7.14. The zero-order chi connectivity index (χ0) is 23.9. The second-order valence-electron chi connectivity index (χ2n) is 10.5. The molecular weight excluding hydrogens is 408 g/mol. The summed E-state index contributed by atoms with van der Waals surface area (Å²) in [6.45, 7) is 8.19. The van der Waals surface area contributed by atoms with E-state index in [4.69, 9.17) is 11.5 Å². The van der Waals surface area contributed by atoms with Gasteiger partial charge in [-0.3, -0.25) is 9.69 Å². The van der Waals surface area contributed by atoms with Gasteiger partial charge in [-0.1, -0.05) is 63.4 Å². The number of nitrogens with zero attached hydrogens (tertiary/aromatic N) is 1. The first-order valence-corrected chi connectivity index (χ1v) is 13.5. The van der Waals surface area contributed by atoms with E-state index in [1.54, 1.807) is 0 Å². The summed E-state index contributed by atoms with van der Waals surface area (Å²) in [5.74, 6) is 1.63. The minimum atomic E-state index is 0.245. The Balaban J connectivity index is 0.000000238. The van der Waals surface area contributed by atoms with Gasteiger partial charge in [0.2, 0.25) is 5.91 Å². The third-order valence-corrected chi connectivity index (χ3v) is 7.14. The number of hydrogen-bond donors (Lipinski definition) is 3. The van der Waals surface area contributed by atoms with Crippen molar-refractivity contribution in [2.75, 3.05) is 26.2 Å². The normalized spacial score (nSPS) is 20.3. The molecule has 1 aliphatic carbocycles. The van der Waals surface area contributed by atoms with Crippen molar-refractivity contribution >= 4 is 5.91 Å². The highest BCUT2D eigenvalue weighted by atomic mass is 16.1. The Morgan fingerprint density at radius 3 is 2.39 bits per heavy atom. The van der Waals surface area contributed by atoms with Crippen molar-refractivity contribution in [2.45, 2.75) is 96.6 Å². The van der Waals surface area contributed by atoms with Crippen LogP contribution in [0.5, 0.6) is 0 Å². The summed E-state index contributed by atoms with van der Waals surface area (Å²) < 4.78 is 0. The second kappa shape index (κ2) is 16.2. The van der Waals surface area contributed by atoms with Gasteiger partial charge in [-0.25, -0.2) is 0 Å². The van der Waals surface area contributed by atoms with Crippen molar-refractivity contribution in [3.63, 3.8) is 0 Å². The van der Waals surface area contributed by atoms with Gasteiger partial charge >= 0.3 is 0 Å². The van der Waals surface area contributed by atoms with Crippen LogP contribution in [0.2, 0.25) is 0 Å². The van der Waals surface area contributed by atoms with Crippen molar-refractivity contribution in [2.24, 2.45) is 23.3 Å². The average Bonchev–Trinajstić information content (AvgIpc) is 3.27. The Morgan fingerprint density at radius 2 is 1.79 bits per heavy atom. The number of carbonyl (C=O) groups is 1. The number of hydrogen-bond acceptors (Lipinski definition) is 4. The molecule has 5 N–H and O–H groups in total. The molecular formula is C28H50N4O. The minimum Gasteiger partial charge on any atom is -0.356 e. The SMILES string of the molecule is CC(C)CCC(=O)NCC1CCCCC1.NCCC(CCc1ccccc1)N1CCC(N)C1. The van der Waals surface area contributed by atoms with E-state index in [-0.39, 0.29) is 5.91 Å². The van der Waals surface area contributed by atoms with E-state index >= 15 is 0 Å². The summed E-state index contributed by atoms with van der Waals surface area (Å²) in [7, 11) is 0. The van der Waals surface area contributed by atoms with Crippen LogP contribution < -0.4 is 16.8 Å². The lowest BCUT2D eigenvalue weighted by Crippen LogP contribution is -2.37. The molecule has 0 bridgehead atoms. The Morgan fingerprint density at radius 1 is 1.06 bits per heavy atom. The van der Waals surface area contributed by atoms with E-state index < -0.39 is 0 Å². The zero-order valence-electron chi connectivity index (χ0n) is 21.3. The first-order chi connectivity index (χ1) is 16.0. The smallest absolute Gasteiger partial charge is 0.220 e. The van der Waals surface area contributed by atoms with Gasteiger partial charge in [-0.05, 0) is 68.9 Å². The maximum atomic E-state index is 11.5. The quantitative estimate of drug-likeness (QED) is 0.456. The molecule has 0 spiro atoms. The van der Waals surface area contributed by atoms with Gasteiger partial charge in [-0.2, -0.15) is 0 Å². The number of rotatable bonds is 11. The summed E-state index contributed by atoms with van der Waals surface area (Å²) >= 11 is 0. The summed E-state index contributed by atoms with van der Waals surface area (Å²) in [6.07, 6.45) is 13.0. The van der Waals surface area contributed by atoms with Crippen LogP contribution in [0.15, 0.2) is 30.3 Å². The van der Waals surface area contributed by atoms with Crippen LogP contribution in [0.3, 0.4) is 0 Å². The van der Waals surface area contributed by atoms with Gasteiger partial charge in [0.15, 0.2) is 0 Å². The fourth-order valence-corrected chi connectivity index (χ4v) is 4.98. The van der Waals surface area contributed by atoms with Gasteiger partial charge in [0, 0.05) is 38.1 Å². The number of likely N-dealkylation sites (tertiary alicyclic amines) is 1. The molecule has 2 fully saturated rings. The average molecular weight is 459 g/mol. The first kappa shape index (κ1) is 27.8. The number of carbonyl (C=O) groups excluding carboxylic acids is 1. The van der Waals surface area contributed by atoms with Gasteiger partial charge in [0.05, 0.1) is 0 Å². The van der Waals surface area contributed by atoms with Crippen LogP contribution in [0.4, 0.5) is 0 Å². The Labute approximate surface area is 203 Å². The molecule has 0 radical (unpaired) electrons. The standard InChI is InChI=1S/C15H25N3.C13H25NO/c16-10-8-15(18-11-9-14(17)12-18)7-6-13-4-2-1-3-5-13;1-11(2)8-9-13(15)14-10-12-6-4-3-5-7-12/h1-5,14-15H,6-12,16-17H2;11-12H,3-10H2,1-2H3,(H,14,15). The molecule has 33 heavy (non-hydrogen) atoms. The topological polar surface area (TPSA) is 84.4 Å². The first-order valence-electron chi connectivity index (χ1n) is 13.5. The summed E-state index contributed by atoms with van der Waals surface area (Å²) in [5, 5.41) is 3.07. The van der Waals surface area contributed by atoms with Crippen molar-refractivity contribution < 1.29 is 4.79 Å². The van der Waals surface area contributed by atoms with Crippen LogP contribution in [-0.4, -0.2) is 49.1 Å². The van der Waals surface area contributed by atoms with E-state index in [0.29, 0.717) is 24.4 Å². The molecule has 1 aliphatic heterocycles. The molecule has 1 aromatic rings. The molecule has 2 atom stereocenters. The monoisotopic (exact) mass is 458 g/mol. The third kappa shape index (κ3) is 12.0. The van der Waals surface area contributed by atoms with Crippen LogP contribution in [0.25, 0.3) is 0 Å². The van der Waals surface area contributed by atoms with Crippen LogP contribution in [0, 0.1) is 11.8 Å². The lowest BCUT2D eigenvalue weighted by Gasteiger charge is -2.27. The van der Waals surface area contributed by atoms with Crippen LogP contribution in [0.1, 0.15) is 83.6 Å². The molecule has 1 saturated heterocycles. The van der Waals surface area contributed by atoms with Crippen LogP contribution in [-0.2, 0) is 11.2 Å². The molecule has 0 aromatic heterocycles. The van der Waals surface area contributed by atoms with Gasteiger partial charge in [0.1, 0.15) is 0 Å². The second-order valence-corrected chi connectivity index (χ2v) is 10.5. The maximum absolute atomic E-state index is 11.5. The molecule has 3 rings (SSSR count). The zero-order valence-corrected chi connectivity index (χ0v) is 21.3. The Kier molecular flexibility index (Phi) is 13.7. The highest BCUT2D eigenvalue weighted by molar-refractivity contribution is 5.75. The molecule has 188 valence electrons. The molecule has 2 unspecified atom stereocenters. The van der Waals surface area contributed by atoms with Gasteiger partial charge in [-0.15, -0.1) is 0 Å². The predicted molar refractivity (Wildman–Crippen MR) is 140 cm³/mol. The molecule has 2 aliphatic rings. The summed E-state index contributed by atoms with van der Waals surface area (Å²) in [5.41, 5.74) is 13.2. The lowest BCUT2D eigenvalue weighted by atomic mass is 9.89. The molecule has 1 aromatic carbocycles. The Bertz CT molecular complexity index is 630.